The van der Waals surface area contributed by atoms with Gasteiger partial charge in [-0.2, -0.15) is 0 Å². The molecule has 3 aromatic rings. The molecule has 7 nitrogen and oxygen atoms in total. The first-order chi connectivity index (χ1) is 15.6. The summed E-state index contributed by atoms with van der Waals surface area (Å²) in [6, 6.07) is 13.8. The van der Waals surface area contributed by atoms with Gasteiger partial charge in [0.25, 0.3) is 0 Å². The number of nitrogens with one attached hydrogen (secondary N) is 1. The van der Waals surface area contributed by atoms with Gasteiger partial charge in [0.05, 0.1) is 13.7 Å². The number of likely N-dealkylation sites (tertiary alicyclic amines) is 1. The number of methoxy groups -OCH3 is 1. The van der Waals surface area contributed by atoms with Gasteiger partial charge < -0.3 is 19.9 Å². The highest BCUT2D eigenvalue weighted by atomic mass is 16.5. The van der Waals surface area contributed by atoms with Crippen LogP contribution in [0.15, 0.2) is 54.9 Å². The molecule has 7 heteroatoms. The highest BCUT2D eigenvalue weighted by molar-refractivity contribution is 5.62. The summed E-state index contributed by atoms with van der Waals surface area (Å²) in [5, 5.41) is 13.4. The third-order valence-corrected chi connectivity index (χ3v) is 5.73. The molecule has 0 spiro atoms. The predicted molar refractivity (Wildman–Crippen MR) is 125 cm³/mol. The molecular weight excluding hydrogens is 404 g/mol. The van der Waals surface area contributed by atoms with E-state index in [9.17, 15) is 5.11 Å². The van der Waals surface area contributed by atoms with E-state index in [2.05, 4.69) is 20.2 Å². The van der Waals surface area contributed by atoms with Crippen LogP contribution >= 0.6 is 0 Å². The number of phenolic OH excluding ortho intramolecular Hbond substituents is 1. The van der Waals surface area contributed by atoms with Crippen LogP contribution in [-0.4, -0.2) is 52.8 Å². The third kappa shape index (κ3) is 5.48. The Morgan fingerprint density at radius 3 is 2.41 bits per heavy atom. The maximum absolute atomic E-state index is 9.89. The van der Waals surface area contributed by atoms with Crippen molar-refractivity contribution in [2.24, 2.45) is 0 Å². The predicted octanol–water partition coefficient (Wildman–Crippen LogP) is 4.33. The van der Waals surface area contributed by atoms with Crippen LogP contribution in [0.5, 0.6) is 17.2 Å². The first-order valence-corrected chi connectivity index (χ1v) is 11.0. The SMILES string of the molecule is CCOc1cc(CN2CCC(Nc3ncc(-c4ccc(OC)cc4)cn3)CC2)ccc1O. The van der Waals surface area contributed by atoms with E-state index in [1.807, 2.05) is 55.7 Å². The maximum atomic E-state index is 9.89. The second kappa shape index (κ2) is 10.3. The lowest BCUT2D eigenvalue weighted by molar-refractivity contribution is 0.210. The largest absolute Gasteiger partial charge is 0.504 e. The van der Waals surface area contributed by atoms with Crippen molar-refractivity contribution in [3.63, 3.8) is 0 Å². The molecule has 1 fully saturated rings. The van der Waals surface area contributed by atoms with E-state index in [1.165, 1.54) is 0 Å². The van der Waals surface area contributed by atoms with E-state index in [0.717, 1.165) is 54.9 Å². The summed E-state index contributed by atoms with van der Waals surface area (Å²) >= 11 is 0. The minimum absolute atomic E-state index is 0.191. The van der Waals surface area contributed by atoms with Crippen LogP contribution in [0, 0.1) is 0 Å². The Kier molecular flexibility index (Phi) is 7.07. The number of phenols is 1. The summed E-state index contributed by atoms with van der Waals surface area (Å²) in [4.78, 5) is 11.4. The molecule has 2 heterocycles. The number of rotatable bonds is 8. The summed E-state index contributed by atoms with van der Waals surface area (Å²) in [5.41, 5.74) is 3.19. The van der Waals surface area contributed by atoms with Crippen LogP contribution < -0.4 is 14.8 Å². The van der Waals surface area contributed by atoms with Gasteiger partial charge in [0.15, 0.2) is 11.5 Å². The molecule has 1 aromatic heterocycles. The number of nitrogens with zero attached hydrogens (tertiary/aromatic N) is 3. The van der Waals surface area contributed by atoms with Gasteiger partial charge in [0.2, 0.25) is 5.95 Å². The molecular formula is C25H30N4O3. The van der Waals surface area contributed by atoms with E-state index in [4.69, 9.17) is 9.47 Å². The lowest BCUT2D eigenvalue weighted by Gasteiger charge is -2.32. The van der Waals surface area contributed by atoms with Crippen LogP contribution in [-0.2, 0) is 6.54 Å². The fraction of sp³-hybridized carbons (Fsp3) is 0.360. The Morgan fingerprint density at radius 1 is 1.03 bits per heavy atom. The average Bonchev–Trinajstić information content (AvgIpc) is 2.83. The minimum atomic E-state index is 0.191. The van der Waals surface area contributed by atoms with E-state index >= 15 is 0 Å². The number of piperidine rings is 1. The molecule has 0 aliphatic carbocycles. The molecule has 32 heavy (non-hydrogen) atoms. The Bertz CT molecular complexity index is 1000. The highest BCUT2D eigenvalue weighted by Crippen LogP contribution is 2.28. The van der Waals surface area contributed by atoms with Crippen LogP contribution in [0.3, 0.4) is 0 Å². The van der Waals surface area contributed by atoms with E-state index < -0.39 is 0 Å². The van der Waals surface area contributed by atoms with Gasteiger partial charge in [-0.15, -0.1) is 0 Å². The summed E-state index contributed by atoms with van der Waals surface area (Å²) in [6.07, 6.45) is 5.76. The fourth-order valence-electron chi connectivity index (χ4n) is 3.94. The quantitative estimate of drug-likeness (QED) is 0.546. The van der Waals surface area contributed by atoms with Gasteiger partial charge in [-0.3, -0.25) is 4.90 Å². The van der Waals surface area contributed by atoms with Crippen LogP contribution in [0.2, 0.25) is 0 Å². The van der Waals surface area contributed by atoms with Gasteiger partial charge in [-0.25, -0.2) is 9.97 Å². The van der Waals surface area contributed by atoms with Gasteiger partial charge >= 0.3 is 0 Å². The van der Waals surface area contributed by atoms with Gasteiger partial charge in [-0.05, 0) is 55.2 Å². The monoisotopic (exact) mass is 434 g/mol. The summed E-state index contributed by atoms with van der Waals surface area (Å²) < 4.78 is 10.7. The van der Waals surface area contributed by atoms with Crippen molar-refractivity contribution in [1.29, 1.82) is 0 Å². The number of hydrogen-bond acceptors (Lipinski definition) is 7. The van der Waals surface area contributed by atoms with Crippen LogP contribution in [0.4, 0.5) is 5.95 Å². The van der Waals surface area contributed by atoms with Crippen molar-refractivity contribution in [2.45, 2.75) is 32.4 Å². The molecule has 4 rings (SSSR count). The molecule has 0 amide bonds. The summed E-state index contributed by atoms with van der Waals surface area (Å²) in [7, 11) is 1.66. The Labute approximate surface area is 189 Å². The highest BCUT2D eigenvalue weighted by Gasteiger charge is 2.20. The van der Waals surface area contributed by atoms with Gasteiger partial charge in [0.1, 0.15) is 5.75 Å². The zero-order valence-corrected chi connectivity index (χ0v) is 18.6. The second-order valence-electron chi connectivity index (χ2n) is 7.95. The molecule has 1 aliphatic rings. The third-order valence-electron chi connectivity index (χ3n) is 5.73. The van der Waals surface area contributed by atoms with Crippen molar-refractivity contribution in [3.05, 3.63) is 60.4 Å². The van der Waals surface area contributed by atoms with Crippen LogP contribution in [0.25, 0.3) is 11.1 Å². The van der Waals surface area contributed by atoms with E-state index in [1.54, 1.807) is 13.2 Å². The van der Waals surface area contributed by atoms with Crippen molar-refractivity contribution in [1.82, 2.24) is 14.9 Å². The lowest BCUT2D eigenvalue weighted by Crippen LogP contribution is -2.38. The van der Waals surface area contributed by atoms with Crippen molar-refractivity contribution < 1.29 is 14.6 Å². The normalized spacial score (nSPS) is 14.8. The molecule has 0 unspecified atom stereocenters. The number of ether oxygens (including phenoxy) is 2. The van der Waals surface area contributed by atoms with Crippen LogP contribution in [0.1, 0.15) is 25.3 Å². The average molecular weight is 435 g/mol. The number of aromatic hydroxyl groups is 1. The first-order valence-electron chi connectivity index (χ1n) is 11.0. The number of anilines is 1. The fourth-order valence-corrected chi connectivity index (χ4v) is 3.94. The number of aromatic nitrogens is 2. The van der Waals surface area contributed by atoms with Gasteiger partial charge in [-0.1, -0.05) is 18.2 Å². The van der Waals surface area contributed by atoms with Crippen molar-refractivity contribution in [3.8, 4) is 28.4 Å². The molecule has 2 aromatic carbocycles. The molecule has 1 aliphatic heterocycles. The van der Waals surface area contributed by atoms with E-state index in [0.29, 0.717) is 24.3 Å². The zero-order chi connectivity index (χ0) is 22.3. The Balaban J connectivity index is 1.28. The summed E-state index contributed by atoms with van der Waals surface area (Å²) in [6.45, 7) is 5.29. The Morgan fingerprint density at radius 2 is 1.75 bits per heavy atom. The molecule has 0 bridgehead atoms. The first kappa shape index (κ1) is 21.9. The van der Waals surface area contributed by atoms with Gasteiger partial charge in [0, 0.05) is 43.6 Å². The molecule has 0 radical (unpaired) electrons. The summed E-state index contributed by atoms with van der Waals surface area (Å²) in [5.74, 6) is 2.24. The standard InChI is InChI=1S/C25H30N4O3/c1-3-32-24-14-18(4-9-23(24)30)17-29-12-10-21(11-13-29)28-25-26-15-20(16-27-25)19-5-7-22(31-2)8-6-19/h4-9,14-16,21,30H,3,10-13,17H2,1-2H3,(H,26,27,28). The molecule has 2 N–H and O–H groups in total. The number of hydrogen-bond donors (Lipinski definition) is 2. The smallest absolute Gasteiger partial charge is 0.222 e. The number of benzene rings is 2. The lowest BCUT2D eigenvalue weighted by atomic mass is 10.0. The van der Waals surface area contributed by atoms with Crippen molar-refractivity contribution >= 4 is 5.95 Å². The second-order valence-corrected chi connectivity index (χ2v) is 7.95. The van der Waals surface area contributed by atoms with Crippen molar-refractivity contribution in [2.75, 3.05) is 32.1 Å². The Hall–Kier alpha value is -3.32. The molecule has 168 valence electrons. The molecule has 0 saturated carbocycles. The minimum Gasteiger partial charge on any atom is -0.504 e. The van der Waals surface area contributed by atoms with E-state index in [-0.39, 0.29) is 5.75 Å². The maximum Gasteiger partial charge on any atom is 0.222 e. The zero-order valence-electron chi connectivity index (χ0n) is 18.6. The molecule has 1 saturated heterocycles. The topological polar surface area (TPSA) is 79.7 Å². The molecule has 0 atom stereocenters.